The summed E-state index contributed by atoms with van der Waals surface area (Å²) in [5.74, 6) is 2.50. The fraction of sp³-hybridized carbons (Fsp3) is 0.238. The van der Waals surface area contributed by atoms with E-state index < -0.39 is 0 Å². The Bertz CT molecular complexity index is 972. The predicted octanol–water partition coefficient (Wildman–Crippen LogP) is 3.12. The summed E-state index contributed by atoms with van der Waals surface area (Å²) in [7, 11) is 0. The Labute approximate surface area is 164 Å². The van der Waals surface area contributed by atoms with Crippen LogP contribution in [0.3, 0.4) is 0 Å². The van der Waals surface area contributed by atoms with Crippen LogP contribution in [0.15, 0.2) is 54.7 Å². The van der Waals surface area contributed by atoms with E-state index in [9.17, 15) is 0 Å². The van der Waals surface area contributed by atoms with Crippen LogP contribution in [0.1, 0.15) is 11.3 Å². The number of benzene rings is 1. The average Bonchev–Trinajstić information content (AvgIpc) is 2.75. The van der Waals surface area contributed by atoms with E-state index >= 15 is 0 Å². The fourth-order valence-electron chi connectivity index (χ4n) is 3.23. The minimum Gasteiger partial charge on any atom is -0.353 e. The van der Waals surface area contributed by atoms with E-state index in [2.05, 4.69) is 31.2 Å². The Morgan fingerprint density at radius 1 is 0.929 bits per heavy atom. The van der Waals surface area contributed by atoms with Gasteiger partial charge in [-0.25, -0.2) is 9.97 Å². The number of hydrogen-bond donors (Lipinski definition) is 1. The molecule has 0 saturated carbocycles. The van der Waals surface area contributed by atoms with Crippen LogP contribution in [0.4, 0.5) is 23.3 Å². The van der Waals surface area contributed by atoms with Crippen molar-refractivity contribution in [1.29, 1.82) is 5.26 Å². The molecule has 0 unspecified atom stereocenters. The summed E-state index contributed by atoms with van der Waals surface area (Å²) in [6.07, 6.45) is 1.83. The average molecular weight is 371 g/mol. The second-order valence-electron chi connectivity index (χ2n) is 6.67. The lowest BCUT2D eigenvalue weighted by molar-refractivity contribution is 0.641. The number of nitrogens with zero attached hydrogens (tertiary/aromatic N) is 6. The fourth-order valence-corrected chi connectivity index (χ4v) is 3.23. The quantitative estimate of drug-likeness (QED) is 0.754. The van der Waals surface area contributed by atoms with Crippen molar-refractivity contribution in [3.63, 3.8) is 0 Å². The van der Waals surface area contributed by atoms with Crippen molar-refractivity contribution in [2.45, 2.75) is 6.92 Å². The molecular weight excluding hydrogens is 350 g/mol. The van der Waals surface area contributed by atoms with Gasteiger partial charge in [0.05, 0.1) is 11.6 Å². The van der Waals surface area contributed by atoms with Gasteiger partial charge < -0.3 is 15.1 Å². The Morgan fingerprint density at radius 2 is 1.64 bits per heavy atom. The number of hydrogen-bond acceptors (Lipinski definition) is 7. The Morgan fingerprint density at radius 3 is 2.29 bits per heavy atom. The molecule has 7 nitrogen and oxygen atoms in total. The van der Waals surface area contributed by atoms with E-state index in [4.69, 9.17) is 10.2 Å². The number of piperazine rings is 1. The standard InChI is InChI=1S/C21H21N7/c1-16-14-20(26-21(24-16)25-18-7-5-17(15-22)6-8-18)28-12-10-27(11-13-28)19-4-2-3-9-23-19/h2-9,14H,10-13H2,1H3,(H,24,25,26). The molecule has 3 aromatic rings. The van der Waals surface area contributed by atoms with Crippen molar-refractivity contribution >= 4 is 23.3 Å². The second-order valence-corrected chi connectivity index (χ2v) is 6.67. The molecule has 0 bridgehead atoms. The summed E-state index contributed by atoms with van der Waals surface area (Å²) < 4.78 is 0. The first-order valence-corrected chi connectivity index (χ1v) is 9.25. The molecule has 0 aliphatic carbocycles. The molecule has 0 radical (unpaired) electrons. The van der Waals surface area contributed by atoms with Crippen molar-refractivity contribution in [3.8, 4) is 6.07 Å². The summed E-state index contributed by atoms with van der Waals surface area (Å²) >= 11 is 0. The Kier molecular flexibility index (Phi) is 5.02. The van der Waals surface area contributed by atoms with Crippen molar-refractivity contribution in [2.24, 2.45) is 0 Å². The van der Waals surface area contributed by atoms with Crippen LogP contribution in [0.5, 0.6) is 0 Å². The van der Waals surface area contributed by atoms with Crippen LogP contribution in [-0.4, -0.2) is 41.1 Å². The molecule has 2 aromatic heterocycles. The third-order valence-electron chi connectivity index (χ3n) is 4.69. The van der Waals surface area contributed by atoms with E-state index in [1.54, 1.807) is 12.1 Å². The number of anilines is 4. The summed E-state index contributed by atoms with van der Waals surface area (Å²) in [6.45, 7) is 5.53. The SMILES string of the molecule is Cc1cc(N2CCN(c3ccccn3)CC2)nc(Nc2ccc(C#N)cc2)n1. The van der Waals surface area contributed by atoms with Gasteiger partial charge in [-0.3, -0.25) is 0 Å². The minimum atomic E-state index is 0.562. The number of aryl methyl sites for hydroxylation is 1. The first kappa shape index (κ1) is 17.7. The molecule has 1 N–H and O–H groups in total. The number of rotatable bonds is 4. The van der Waals surface area contributed by atoms with Gasteiger partial charge in [0.2, 0.25) is 5.95 Å². The molecule has 3 heterocycles. The second kappa shape index (κ2) is 7.92. The summed E-state index contributed by atoms with van der Waals surface area (Å²) in [5, 5.41) is 12.2. The van der Waals surface area contributed by atoms with Crippen LogP contribution >= 0.6 is 0 Å². The van der Waals surface area contributed by atoms with Crippen LogP contribution < -0.4 is 15.1 Å². The highest BCUT2D eigenvalue weighted by molar-refractivity contribution is 5.57. The van der Waals surface area contributed by atoms with Gasteiger partial charge in [0.1, 0.15) is 11.6 Å². The molecule has 1 aliphatic rings. The molecule has 0 atom stereocenters. The maximum atomic E-state index is 8.92. The largest absolute Gasteiger partial charge is 0.353 e. The molecule has 1 aliphatic heterocycles. The summed E-state index contributed by atoms with van der Waals surface area (Å²) in [6, 6.07) is 17.4. The highest BCUT2D eigenvalue weighted by Gasteiger charge is 2.19. The van der Waals surface area contributed by atoms with Crippen LogP contribution in [0.2, 0.25) is 0 Å². The number of pyridine rings is 1. The molecule has 4 rings (SSSR count). The molecule has 140 valence electrons. The van der Waals surface area contributed by atoms with Gasteiger partial charge in [-0.15, -0.1) is 0 Å². The van der Waals surface area contributed by atoms with Crippen molar-refractivity contribution in [3.05, 3.63) is 66.0 Å². The Hall–Kier alpha value is -3.66. The van der Waals surface area contributed by atoms with E-state index in [1.165, 1.54) is 0 Å². The predicted molar refractivity (Wildman–Crippen MR) is 110 cm³/mol. The molecule has 28 heavy (non-hydrogen) atoms. The van der Waals surface area contributed by atoms with Gasteiger partial charge in [-0.05, 0) is 43.3 Å². The van der Waals surface area contributed by atoms with Crippen molar-refractivity contribution in [2.75, 3.05) is 41.3 Å². The van der Waals surface area contributed by atoms with Crippen LogP contribution in [0, 0.1) is 18.3 Å². The monoisotopic (exact) mass is 371 g/mol. The van der Waals surface area contributed by atoms with Gasteiger partial charge >= 0.3 is 0 Å². The first-order chi connectivity index (χ1) is 13.7. The van der Waals surface area contributed by atoms with Crippen molar-refractivity contribution in [1.82, 2.24) is 15.0 Å². The molecule has 1 saturated heterocycles. The number of aromatic nitrogens is 3. The van der Waals surface area contributed by atoms with Crippen molar-refractivity contribution < 1.29 is 0 Å². The number of nitrogens with one attached hydrogen (secondary N) is 1. The molecule has 1 fully saturated rings. The van der Waals surface area contributed by atoms with Gasteiger partial charge in [0, 0.05) is 49.8 Å². The Balaban J connectivity index is 1.46. The maximum absolute atomic E-state index is 8.92. The molecule has 7 heteroatoms. The minimum absolute atomic E-state index is 0.562. The summed E-state index contributed by atoms with van der Waals surface area (Å²) in [4.78, 5) is 18.2. The van der Waals surface area contributed by atoms with Gasteiger partial charge in [-0.1, -0.05) is 6.07 Å². The van der Waals surface area contributed by atoms with E-state index in [-0.39, 0.29) is 0 Å². The topological polar surface area (TPSA) is 81.0 Å². The zero-order valence-corrected chi connectivity index (χ0v) is 15.7. The van der Waals surface area contributed by atoms with Crippen LogP contribution in [-0.2, 0) is 0 Å². The van der Waals surface area contributed by atoms with E-state index in [0.717, 1.165) is 49.2 Å². The third-order valence-corrected chi connectivity index (χ3v) is 4.69. The molecule has 0 spiro atoms. The van der Waals surface area contributed by atoms with Gasteiger partial charge in [0.25, 0.3) is 0 Å². The van der Waals surface area contributed by atoms with E-state index in [0.29, 0.717) is 11.5 Å². The van der Waals surface area contributed by atoms with E-state index in [1.807, 2.05) is 49.5 Å². The van der Waals surface area contributed by atoms with Crippen LogP contribution in [0.25, 0.3) is 0 Å². The normalized spacial score (nSPS) is 13.9. The lowest BCUT2D eigenvalue weighted by Crippen LogP contribution is -2.47. The highest BCUT2D eigenvalue weighted by atomic mass is 15.3. The first-order valence-electron chi connectivity index (χ1n) is 9.25. The maximum Gasteiger partial charge on any atom is 0.229 e. The zero-order chi connectivity index (χ0) is 19.3. The third kappa shape index (κ3) is 4.01. The smallest absolute Gasteiger partial charge is 0.229 e. The lowest BCUT2D eigenvalue weighted by atomic mass is 10.2. The van der Waals surface area contributed by atoms with Gasteiger partial charge in [-0.2, -0.15) is 10.2 Å². The molecule has 0 amide bonds. The highest BCUT2D eigenvalue weighted by Crippen LogP contribution is 2.21. The summed E-state index contributed by atoms with van der Waals surface area (Å²) in [5.41, 5.74) is 2.39. The number of nitriles is 1. The van der Waals surface area contributed by atoms with Gasteiger partial charge in [0.15, 0.2) is 0 Å². The zero-order valence-electron chi connectivity index (χ0n) is 15.7. The molecular formula is C21H21N7. The molecule has 1 aromatic carbocycles. The lowest BCUT2D eigenvalue weighted by Gasteiger charge is -2.36.